The molecule has 0 bridgehead atoms. The lowest BCUT2D eigenvalue weighted by atomic mass is 9.89. The van der Waals surface area contributed by atoms with Gasteiger partial charge < -0.3 is 14.8 Å². The zero-order chi connectivity index (χ0) is 13.0. The van der Waals surface area contributed by atoms with Gasteiger partial charge in [0.15, 0.2) is 0 Å². The van der Waals surface area contributed by atoms with Crippen LogP contribution in [-0.4, -0.2) is 48.4 Å². The number of hydrogen-bond acceptors (Lipinski definition) is 5. The van der Waals surface area contributed by atoms with Crippen LogP contribution in [0.2, 0.25) is 0 Å². The number of rotatable bonds is 4. The topological polar surface area (TPSA) is 47.6 Å². The van der Waals surface area contributed by atoms with Crippen molar-refractivity contribution >= 4 is 17.7 Å². The van der Waals surface area contributed by atoms with Crippen molar-refractivity contribution in [2.24, 2.45) is 0 Å². The second kappa shape index (κ2) is 6.26. The molecule has 1 N–H and O–H groups in total. The van der Waals surface area contributed by atoms with E-state index in [4.69, 9.17) is 9.47 Å². The number of carbonyl (C=O) groups excluding carboxylic acids is 1. The molecule has 1 spiro atoms. The lowest BCUT2D eigenvalue weighted by Gasteiger charge is -2.38. The van der Waals surface area contributed by atoms with E-state index in [0.29, 0.717) is 12.6 Å². The minimum atomic E-state index is -0.223. The van der Waals surface area contributed by atoms with E-state index < -0.39 is 0 Å². The van der Waals surface area contributed by atoms with E-state index in [9.17, 15) is 4.79 Å². The Morgan fingerprint density at radius 2 is 2.50 bits per heavy atom. The smallest absolute Gasteiger partial charge is 0.322 e. The van der Waals surface area contributed by atoms with Crippen LogP contribution >= 0.6 is 11.8 Å². The highest BCUT2D eigenvalue weighted by Crippen LogP contribution is 2.38. The molecule has 0 aromatic heterocycles. The first-order valence-electron chi connectivity index (χ1n) is 6.79. The zero-order valence-corrected chi connectivity index (χ0v) is 12.1. The van der Waals surface area contributed by atoms with E-state index in [2.05, 4.69) is 5.32 Å². The maximum Gasteiger partial charge on any atom is 0.322 e. The fourth-order valence-electron chi connectivity index (χ4n) is 2.72. The van der Waals surface area contributed by atoms with E-state index in [1.54, 1.807) is 0 Å². The molecule has 2 aliphatic heterocycles. The van der Waals surface area contributed by atoms with Gasteiger partial charge in [0.2, 0.25) is 0 Å². The molecular weight excluding hydrogens is 250 g/mol. The van der Waals surface area contributed by atoms with Crippen LogP contribution in [0, 0.1) is 0 Å². The average molecular weight is 273 g/mol. The zero-order valence-electron chi connectivity index (χ0n) is 11.2. The minimum absolute atomic E-state index is 0.0644. The molecule has 0 radical (unpaired) electrons. The monoisotopic (exact) mass is 273 g/mol. The van der Waals surface area contributed by atoms with Gasteiger partial charge in [0.05, 0.1) is 12.2 Å². The van der Waals surface area contributed by atoms with Gasteiger partial charge in [-0.1, -0.05) is 0 Å². The predicted molar refractivity (Wildman–Crippen MR) is 72.9 cm³/mol. The third kappa shape index (κ3) is 3.39. The molecule has 3 atom stereocenters. The predicted octanol–water partition coefficient (Wildman–Crippen LogP) is 1.58. The summed E-state index contributed by atoms with van der Waals surface area (Å²) >= 11 is 1.97. The molecular formula is C13H23NO3S. The molecule has 0 aromatic rings. The van der Waals surface area contributed by atoms with Gasteiger partial charge in [0.1, 0.15) is 6.04 Å². The lowest BCUT2D eigenvalue weighted by molar-refractivity contribution is -0.146. The third-order valence-corrected chi connectivity index (χ3v) is 4.91. The van der Waals surface area contributed by atoms with Gasteiger partial charge in [0, 0.05) is 18.4 Å². The second-order valence-electron chi connectivity index (χ2n) is 5.16. The van der Waals surface area contributed by atoms with Crippen molar-refractivity contribution in [3.8, 4) is 0 Å². The maximum atomic E-state index is 11.6. The van der Waals surface area contributed by atoms with E-state index in [1.165, 1.54) is 5.75 Å². The van der Waals surface area contributed by atoms with Gasteiger partial charge in [-0.25, -0.2) is 0 Å². The Balaban J connectivity index is 1.84. The molecule has 2 aliphatic rings. The highest BCUT2D eigenvalue weighted by molar-refractivity contribution is 7.99. The second-order valence-corrected chi connectivity index (χ2v) is 6.27. The first-order valence-corrected chi connectivity index (χ1v) is 7.95. The summed E-state index contributed by atoms with van der Waals surface area (Å²) in [7, 11) is 0. The lowest BCUT2D eigenvalue weighted by Crippen LogP contribution is -2.51. The van der Waals surface area contributed by atoms with Crippen LogP contribution < -0.4 is 5.32 Å². The van der Waals surface area contributed by atoms with E-state index >= 15 is 0 Å². The molecule has 2 saturated heterocycles. The minimum Gasteiger partial charge on any atom is -0.465 e. The summed E-state index contributed by atoms with van der Waals surface area (Å²) in [5.74, 6) is 2.14. The summed E-state index contributed by atoms with van der Waals surface area (Å²) in [6, 6.07) is 0.149. The molecule has 2 heterocycles. The summed E-state index contributed by atoms with van der Waals surface area (Å²) in [6.45, 7) is 4.96. The molecule has 0 saturated carbocycles. The Kier molecular flexibility index (Phi) is 4.92. The third-order valence-electron chi connectivity index (χ3n) is 3.69. The normalized spacial score (nSPS) is 33.6. The van der Waals surface area contributed by atoms with Crippen LogP contribution in [0.25, 0.3) is 0 Å². The van der Waals surface area contributed by atoms with Crippen LogP contribution in [0.1, 0.15) is 33.1 Å². The summed E-state index contributed by atoms with van der Waals surface area (Å²) in [5, 5.41) is 3.39. The number of ether oxygens (including phenoxy) is 2. The molecule has 104 valence electrons. The number of nitrogens with one attached hydrogen (secondary N) is 1. The molecule has 2 fully saturated rings. The van der Waals surface area contributed by atoms with Crippen LogP contribution in [0.3, 0.4) is 0 Å². The Morgan fingerprint density at radius 3 is 3.17 bits per heavy atom. The van der Waals surface area contributed by atoms with Crippen molar-refractivity contribution in [3.05, 3.63) is 0 Å². The fourth-order valence-corrected chi connectivity index (χ4v) is 4.10. The number of carbonyl (C=O) groups is 1. The van der Waals surface area contributed by atoms with Gasteiger partial charge in [0.25, 0.3) is 0 Å². The Hall–Kier alpha value is -0.260. The van der Waals surface area contributed by atoms with Crippen LogP contribution in [-0.2, 0) is 14.3 Å². The largest absolute Gasteiger partial charge is 0.465 e. The molecule has 0 aromatic carbocycles. The highest BCUT2D eigenvalue weighted by Gasteiger charge is 2.40. The van der Waals surface area contributed by atoms with Gasteiger partial charge in [-0.3, -0.25) is 4.79 Å². The van der Waals surface area contributed by atoms with E-state index in [-0.39, 0.29) is 17.6 Å². The molecule has 0 amide bonds. The summed E-state index contributed by atoms with van der Waals surface area (Å²) in [5.41, 5.74) is 0.0644. The first kappa shape index (κ1) is 14.2. The standard InChI is InChI=1S/C13H23NO3S/c1-3-16-12(15)10(2)14-11-4-6-17-13(8-11)5-7-18-9-13/h10-11,14H,3-9H2,1-2H3. The SMILES string of the molecule is CCOC(=O)C(C)NC1CCOC2(CCSC2)C1. The molecule has 3 unspecified atom stereocenters. The van der Waals surface area contributed by atoms with Crippen molar-refractivity contribution < 1.29 is 14.3 Å². The number of esters is 1. The van der Waals surface area contributed by atoms with Crippen molar-refractivity contribution in [1.29, 1.82) is 0 Å². The molecule has 5 heteroatoms. The van der Waals surface area contributed by atoms with Crippen molar-refractivity contribution in [2.75, 3.05) is 24.7 Å². The Bertz CT molecular complexity index is 292. The van der Waals surface area contributed by atoms with Crippen LogP contribution in [0.15, 0.2) is 0 Å². The summed E-state index contributed by atoms with van der Waals surface area (Å²) < 4.78 is 11.0. The summed E-state index contributed by atoms with van der Waals surface area (Å²) in [6.07, 6.45) is 3.14. The van der Waals surface area contributed by atoms with Gasteiger partial charge >= 0.3 is 5.97 Å². The molecule has 4 nitrogen and oxygen atoms in total. The number of thioether (sulfide) groups is 1. The van der Waals surface area contributed by atoms with E-state index in [0.717, 1.165) is 31.6 Å². The number of hydrogen-bond donors (Lipinski definition) is 1. The Morgan fingerprint density at radius 1 is 1.67 bits per heavy atom. The van der Waals surface area contributed by atoms with Crippen LogP contribution in [0.4, 0.5) is 0 Å². The van der Waals surface area contributed by atoms with Gasteiger partial charge in [-0.15, -0.1) is 0 Å². The fraction of sp³-hybridized carbons (Fsp3) is 0.923. The maximum absolute atomic E-state index is 11.6. The molecule has 18 heavy (non-hydrogen) atoms. The van der Waals surface area contributed by atoms with Crippen molar-refractivity contribution in [1.82, 2.24) is 5.32 Å². The van der Waals surface area contributed by atoms with Crippen LogP contribution in [0.5, 0.6) is 0 Å². The highest BCUT2D eigenvalue weighted by atomic mass is 32.2. The van der Waals surface area contributed by atoms with Gasteiger partial charge in [-0.2, -0.15) is 11.8 Å². The average Bonchev–Trinajstić information content (AvgIpc) is 2.77. The molecule has 2 rings (SSSR count). The first-order chi connectivity index (χ1) is 8.65. The summed E-state index contributed by atoms with van der Waals surface area (Å²) in [4.78, 5) is 11.6. The van der Waals surface area contributed by atoms with E-state index in [1.807, 2.05) is 25.6 Å². The van der Waals surface area contributed by atoms with Crippen molar-refractivity contribution in [3.63, 3.8) is 0 Å². The molecule has 0 aliphatic carbocycles. The quantitative estimate of drug-likeness (QED) is 0.788. The van der Waals surface area contributed by atoms with Gasteiger partial charge in [-0.05, 0) is 38.9 Å². The Labute approximate surface area is 113 Å². The van der Waals surface area contributed by atoms with Crippen molar-refractivity contribution in [2.45, 2.75) is 50.8 Å².